The fourth-order valence-electron chi connectivity index (χ4n) is 7.92. The molecule has 0 radical (unpaired) electrons. The standard InChI is InChI=1S/C36H38ClN3O2/c1-23-21-27-7-2-5-11-32(27)40(23)36(42)31-10-4-3-9-30(31)35(41)39-19-16-24(17-20-39)33-29-15-14-28(37)22-26(29)13-12-25-8-6-18-38-34(25)33/h2,5-8,11,14-15,18,22-23,30-31H,3-4,9-10,12-13,16-17,19-21H2,1H3. The van der Waals surface area contributed by atoms with E-state index in [0.717, 1.165) is 74.2 Å². The zero-order valence-corrected chi connectivity index (χ0v) is 25.1. The molecule has 2 aliphatic carbocycles. The summed E-state index contributed by atoms with van der Waals surface area (Å²) in [4.78, 5) is 37.0. The minimum Gasteiger partial charge on any atom is -0.342 e. The number of halogens is 1. The van der Waals surface area contributed by atoms with Crippen molar-refractivity contribution < 1.29 is 9.59 Å². The molecule has 2 aliphatic heterocycles. The minimum absolute atomic E-state index is 0.130. The van der Waals surface area contributed by atoms with Crippen molar-refractivity contribution >= 4 is 34.7 Å². The summed E-state index contributed by atoms with van der Waals surface area (Å²) >= 11 is 6.41. The van der Waals surface area contributed by atoms with Gasteiger partial charge >= 0.3 is 0 Å². The van der Waals surface area contributed by atoms with Crippen molar-refractivity contribution in [2.24, 2.45) is 11.8 Å². The van der Waals surface area contributed by atoms with Crippen molar-refractivity contribution in [1.82, 2.24) is 9.88 Å². The Morgan fingerprint density at radius 3 is 2.36 bits per heavy atom. The number of benzene rings is 2. The molecule has 216 valence electrons. The highest BCUT2D eigenvalue weighted by Gasteiger charge is 2.43. The van der Waals surface area contributed by atoms with E-state index in [4.69, 9.17) is 16.6 Å². The van der Waals surface area contributed by atoms with Crippen LogP contribution >= 0.6 is 11.6 Å². The molecule has 3 heterocycles. The number of pyridine rings is 1. The van der Waals surface area contributed by atoms with Crippen molar-refractivity contribution in [2.75, 3.05) is 18.0 Å². The molecule has 3 aromatic rings. The number of rotatable bonds is 2. The molecular weight excluding hydrogens is 542 g/mol. The van der Waals surface area contributed by atoms with Crippen LogP contribution in [0.3, 0.4) is 0 Å². The maximum Gasteiger partial charge on any atom is 0.231 e. The molecule has 2 amide bonds. The molecule has 2 aromatic carbocycles. The Hall–Kier alpha value is -3.44. The van der Waals surface area contributed by atoms with Gasteiger partial charge in [0.2, 0.25) is 11.8 Å². The number of carbonyl (C=O) groups excluding carboxylic acids is 2. The van der Waals surface area contributed by atoms with Crippen LogP contribution in [-0.2, 0) is 28.9 Å². The number of carbonyl (C=O) groups is 2. The predicted molar refractivity (Wildman–Crippen MR) is 167 cm³/mol. The monoisotopic (exact) mass is 579 g/mol. The number of aromatic nitrogens is 1. The van der Waals surface area contributed by atoms with Crippen LogP contribution in [0.1, 0.15) is 73.4 Å². The van der Waals surface area contributed by atoms with Gasteiger partial charge in [0.15, 0.2) is 0 Å². The second-order valence-corrected chi connectivity index (χ2v) is 12.9. The van der Waals surface area contributed by atoms with E-state index >= 15 is 0 Å². The molecule has 7 rings (SSSR count). The van der Waals surface area contributed by atoms with Crippen LogP contribution in [0.4, 0.5) is 5.69 Å². The largest absolute Gasteiger partial charge is 0.342 e. The summed E-state index contributed by atoms with van der Waals surface area (Å²) in [7, 11) is 0. The summed E-state index contributed by atoms with van der Waals surface area (Å²) < 4.78 is 0. The number of nitrogens with zero attached hydrogens (tertiary/aromatic N) is 3. The van der Waals surface area contributed by atoms with Crippen LogP contribution in [0, 0.1) is 11.8 Å². The molecule has 42 heavy (non-hydrogen) atoms. The van der Waals surface area contributed by atoms with Crippen LogP contribution in [0.15, 0.2) is 66.4 Å². The molecule has 6 heteroatoms. The highest BCUT2D eigenvalue weighted by Crippen LogP contribution is 2.41. The highest BCUT2D eigenvalue weighted by atomic mass is 35.5. The Bertz CT molecular complexity index is 1570. The molecule has 3 atom stereocenters. The molecule has 1 aromatic heterocycles. The van der Waals surface area contributed by atoms with E-state index in [1.807, 2.05) is 40.3 Å². The first-order chi connectivity index (χ1) is 20.5. The van der Waals surface area contributed by atoms with Gasteiger partial charge < -0.3 is 9.80 Å². The fraction of sp³-hybridized carbons (Fsp3) is 0.417. The van der Waals surface area contributed by atoms with Crippen molar-refractivity contribution in [3.63, 3.8) is 0 Å². The summed E-state index contributed by atoms with van der Waals surface area (Å²) in [6.07, 6.45) is 9.90. The summed E-state index contributed by atoms with van der Waals surface area (Å²) in [6.45, 7) is 3.50. The van der Waals surface area contributed by atoms with Gasteiger partial charge in [-0.05, 0) is 98.4 Å². The average molecular weight is 580 g/mol. The van der Waals surface area contributed by atoms with Crippen LogP contribution in [0.25, 0.3) is 5.57 Å². The molecule has 4 aliphatic rings. The van der Waals surface area contributed by atoms with E-state index in [1.54, 1.807) is 0 Å². The van der Waals surface area contributed by atoms with Gasteiger partial charge in [-0.25, -0.2) is 0 Å². The summed E-state index contributed by atoms with van der Waals surface area (Å²) in [5.74, 6) is -0.164. The first-order valence-corrected chi connectivity index (χ1v) is 16.0. The van der Waals surface area contributed by atoms with Crippen LogP contribution < -0.4 is 4.90 Å². The Morgan fingerprint density at radius 1 is 0.833 bits per heavy atom. The average Bonchev–Trinajstić information content (AvgIpc) is 3.27. The zero-order valence-electron chi connectivity index (χ0n) is 24.3. The van der Waals surface area contributed by atoms with Gasteiger partial charge in [-0.1, -0.05) is 60.3 Å². The predicted octanol–water partition coefficient (Wildman–Crippen LogP) is 7.04. The van der Waals surface area contributed by atoms with Crippen molar-refractivity contribution in [3.05, 3.63) is 99.3 Å². The van der Waals surface area contributed by atoms with Gasteiger partial charge in [0.1, 0.15) is 0 Å². The quantitative estimate of drug-likeness (QED) is 0.327. The van der Waals surface area contributed by atoms with E-state index < -0.39 is 0 Å². The highest BCUT2D eigenvalue weighted by molar-refractivity contribution is 6.30. The van der Waals surface area contributed by atoms with Crippen LogP contribution in [0.5, 0.6) is 0 Å². The van der Waals surface area contributed by atoms with E-state index in [9.17, 15) is 9.59 Å². The molecule has 5 nitrogen and oxygen atoms in total. The van der Waals surface area contributed by atoms with Gasteiger partial charge in [-0.2, -0.15) is 0 Å². The molecule has 0 spiro atoms. The minimum atomic E-state index is -0.242. The van der Waals surface area contributed by atoms with Gasteiger partial charge in [0.25, 0.3) is 0 Å². The van der Waals surface area contributed by atoms with Gasteiger partial charge in [-0.3, -0.25) is 14.6 Å². The number of para-hydroxylation sites is 1. The maximum atomic E-state index is 14.1. The Balaban J connectivity index is 1.13. The SMILES string of the molecule is CC1Cc2ccccc2N1C(=O)C1CCCCC1C(=O)N1CCC(=C2c3ccc(Cl)cc3CCc3cccnc32)CC1. The van der Waals surface area contributed by atoms with Crippen LogP contribution in [0.2, 0.25) is 5.02 Å². The Morgan fingerprint density at radius 2 is 1.55 bits per heavy atom. The first-order valence-electron chi connectivity index (χ1n) is 15.6. The number of anilines is 1. The molecule has 0 bridgehead atoms. The molecule has 2 fully saturated rings. The maximum absolute atomic E-state index is 14.1. The lowest BCUT2D eigenvalue weighted by Crippen LogP contribution is -2.49. The second kappa shape index (κ2) is 11.3. The number of hydrogen-bond acceptors (Lipinski definition) is 3. The number of fused-ring (bicyclic) bond motifs is 3. The number of aryl methyl sites for hydroxylation is 2. The van der Waals surface area contributed by atoms with Gasteiger partial charge in [0.05, 0.1) is 11.6 Å². The Labute approximate surface area is 253 Å². The number of likely N-dealkylation sites (tertiary alicyclic amines) is 1. The Kier molecular flexibility index (Phi) is 7.39. The zero-order chi connectivity index (χ0) is 28.8. The molecule has 1 saturated heterocycles. The van der Waals surface area contributed by atoms with Crippen molar-refractivity contribution in [2.45, 2.75) is 70.8 Å². The van der Waals surface area contributed by atoms with E-state index in [0.29, 0.717) is 13.1 Å². The van der Waals surface area contributed by atoms with E-state index in [2.05, 4.69) is 37.3 Å². The third-order valence-corrected chi connectivity index (χ3v) is 10.2. The van der Waals surface area contributed by atoms with Gasteiger partial charge in [-0.15, -0.1) is 0 Å². The topological polar surface area (TPSA) is 53.5 Å². The number of piperidine rings is 1. The fourth-order valence-corrected chi connectivity index (χ4v) is 8.11. The summed E-state index contributed by atoms with van der Waals surface area (Å²) in [5.41, 5.74) is 9.69. The summed E-state index contributed by atoms with van der Waals surface area (Å²) in [6, 6.07) is 18.8. The van der Waals surface area contributed by atoms with Gasteiger partial charge in [0, 0.05) is 47.5 Å². The smallest absolute Gasteiger partial charge is 0.231 e. The molecule has 3 unspecified atom stereocenters. The third kappa shape index (κ3) is 4.86. The second-order valence-electron chi connectivity index (χ2n) is 12.5. The molecular formula is C36H38ClN3O2. The summed E-state index contributed by atoms with van der Waals surface area (Å²) in [5, 5.41) is 0.765. The lowest BCUT2D eigenvalue weighted by atomic mass is 9.77. The first kappa shape index (κ1) is 27.4. The van der Waals surface area contributed by atoms with Crippen molar-refractivity contribution in [1.29, 1.82) is 0 Å². The third-order valence-electron chi connectivity index (χ3n) is 10.0. The molecule has 1 saturated carbocycles. The number of hydrogen-bond donors (Lipinski definition) is 0. The lowest BCUT2D eigenvalue weighted by molar-refractivity contribution is -0.143. The van der Waals surface area contributed by atoms with E-state index in [1.165, 1.54) is 33.4 Å². The number of amides is 2. The normalized spacial score (nSPS) is 23.6. The van der Waals surface area contributed by atoms with Crippen LogP contribution in [-0.4, -0.2) is 40.8 Å². The molecule has 0 N–H and O–H groups in total. The lowest BCUT2D eigenvalue weighted by Gasteiger charge is -2.38. The van der Waals surface area contributed by atoms with Crippen molar-refractivity contribution in [3.8, 4) is 0 Å². The van der Waals surface area contributed by atoms with E-state index in [-0.39, 0.29) is 29.7 Å².